The first-order valence-electron chi connectivity index (χ1n) is 12.4. The molecule has 1 heterocycles. The molecule has 9 nitrogen and oxygen atoms in total. The van der Waals surface area contributed by atoms with Crippen LogP contribution < -0.4 is 24.8 Å². The molecule has 1 aliphatic carbocycles. The van der Waals surface area contributed by atoms with Crippen LogP contribution in [0.5, 0.6) is 17.2 Å². The molecule has 0 bridgehead atoms. The SMILES string of the molecule is CNC(=O)Oc1c(-c2ccc(Oc3ccc(F)cc3)cc2)oc2cc(N(CCN)S(C)(=O)=O)c(C3CC3)cc12. The predicted molar refractivity (Wildman–Crippen MR) is 146 cm³/mol. The van der Waals surface area contributed by atoms with Gasteiger partial charge in [-0.3, -0.25) is 4.31 Å². The Morgan fingerprint density at radius 3 is 2.31 bits per heavy atom. The van der Waals surface area contributed by atoms with Crippen molar-refractivity contribution in [1.29, 1.82) is 0 Å². The lowest BCUT2D eigenvalue weighted by Crippen LogP contribution is -2.35. The summed E-state index contributed by atoms with van der Waals surface area (Å²) in [6, 6.07) is 16.1. The summed E-state index contributed by atoms with van der Waals surface area (Å²) in [5.74, 6) is 1.33. The third-order valence-electron chi connectivity index (χ3n) is 6.37. The Morgan fingerprint density at radius 2 is 1.74 bits per heavy atom. The zero-order valence-corrected chi connectivity index (χ0v) is 22.3. The maximum atomic E-state index is 13.2. The van der Waals surface area contributed by atoms with Crippen LogP contribution in [0.2, 0.25) is 0 Å². The minimum absolute atomic E-state index is 0.120. The van der Waals surface area contributed by atoms with E-state index in [0.29, 0.717) is 39.5 Å². The fraction of sp³-hybridized carbons (Fsp3) is 0.250. The number of furan rings is 1. The van der Waals surface area contributed by atoms with Crippen molar-refractivity contribution in [2.75, 3.05) is 30.7 Å². The van der Waals surface area contributed by atoms with E-state index in [0.717, 1.165) is 24.7 Å². The van der Waals surface area contributed by atoms with Crippen LogP contribution in [0.3, 0.4) is 0 Å². The van der Waals surface area contributed by atoms with Gasteiger partial charge in [-0.05, 0) is 78.9 Å². The van der Waals surface area contributed by atoms with E-state index >= 15 is 0 Å². The zero-order chi connectivity index (χ0) is 27.7. The van der Waals surface area contributed by atoms with Crippen LogP contribution in [0.4, 0.5) is 14.9 Å². The summed E-state index contributed by atoms with van der Waals surface area (Å²) >= 11 is 0. The van der Waals surface area contributed by atoms with Gasteiger partial charge in [0.2, 0.25) is 10.0 Å². The first-order chi connectivity index (χ1) is 18.7. The molecule has 0 spiro atoms. The molecule has 0 saturated heterocycles. The topological polar surface area (TPSA) is 124 Å². The molecule has 5 rings (SSSR count). The third-order valence-corrected chi connectivity index (χ3v) is 7.55. The molecule has 0 radical (unpaired) electrons. The van der Waals surface area contributed by atoms with Gasteiger partial charge < -0.3 is 24.9 Å². The predicted octanol–water partition coefficient (Wildman–Crippen LogP) is 5.35. The largest absolute Gasteiger partial charge is 0.457 e. The summed E-state index contributed by atoms with van der Waals surface area (Å²) in [7, 11) is -2.15. The summed E-state index contributed by atoms with van der Waals surface area (Å²) in [5.41, 5.74) is 8.04. The van der Waals surface area contributed by atoms with Crippen LogP contribution >= 0.6 is 0 Å². The van der Waals surface area contributed by atoms with E-state index < -0.39 is 16.1 Å². The highest BCUT2D eigenvalue weighted by Gasteiger charge is 2.32. The van der Waals surface area contributed by atoms with Gasteiger partial charge in [0, 0.05) is 31.8 Å². The number of benzene rings is 3. The molecule has 11 heteroatoms. The molecule has 1 fully saturated rings. The first kappa shape index (κ1) is 26.5. The second-order valence-corrected chi connectivity index (χ2v) is 11.2. The molecule has 1 saturated carbocycles. The molecular formula is C28H28FN3O6S. The summed E-state index contributed by atoms with van der Waals surface area (Å²) in [5, 5.41) is 3.00. The average Bonchev–Trinajstić information content (AvgIpc) is 3.70. The Hall–Kier alpha value is -4.09. The smallest absolute Gasteiger partial charge is 0.412 e. The number of anilines is 1. The number of hydrogen-bond donors (Lipinski definition) is 2. The standard InChI is InChI=1S/C28H28FN3O6S/c1-31-28(33)38-27-23-15-22(17-3-4-17)24(32(14-13-30)39(2,34)35)16-25(23)37-26(27)18-5-9-20(10-6-18)36-21-11-7-19(29)8-12-21/h5-12,15-17H,3-4,13-14,30H2,1-2H3,(H,31,33). The summed E-state index contributed by atoms with van der Waals surface area (Å²) < 4.78 is 57.4. The third kappa shape index (κ3) is 5.69. The zero-order valence-electron chi connectivity index (χ0n) is 21.4. The molecular weight excluding hydrogens is 525 g/mol. The highest BCUT2D eigenvalue weighted by Crippen LogP contribution is 2.49. The second-order valence-electron chi connectivity index (χ2n) is 9.29. The molecule has 4 aromatic rings. The van der Waals surface area contributed by atoms with E-state index in [1.165, 1.54) is 35.6 Å². The van der Waals surface area contributed by atoms with Crippen LogP contribution in [0.1, 0.15) is 24.3 Å². The van der Waals surface area contributed by atoms with Gasteiger partial charge in [-0.2, -0.15) is 0 Å². The fourth-order valence-corrected chi connectivity index (χ4v) is 5.35. The van der Waals surface area contributed by atoms with Crippen LogP contribution in [0.25, 0.3) is 22.3 Å². The average molecular weight is 554 g/mol. The van der Waals surface area contributed by atoms with Gasteiger partial charge >= 0.3 is 6.09 Å². The Kier molecular flexibility index (Phi) is 7.19. The molecule has 3 N–H and O–H groups in total. The number of carbonyl (C=O) groups is 1. The van der Waals surface area contributed by atoms with Crippen LogP contribution in [-0.4, -0.2) is 40.9 Å². The van der Waals surface area contributed by atoms with Crippen molar-refractivity contribution in [3.05, 3.63) is 72.0 Å². The Bertz CT molecular complexity index is 1610. The van der Waals surface area contributed by atoms with E-state index in [1.54, 1.807) is 30.3 Å². The molecule has 0 unspecified atom stereocenters. The highest BCUT2D eigenvalue weighted by atomic mass is 32.2. The minimum atomic E-state index is -3.61. The number of halogens is 1. The summed E-state index contributed by atoms with van der Waals surface area (Å²) in [6.45, 7) is 0.269. The van der Waals surface area contributed by atoms with Crippen molar-refractivity contribution >= 4 is 32.8 Å². The van der Waals surface area contributed by atoms with Crippen molar-refractivity contribution in [2.45, 2.75) is 18.8 Å². The Labute approximate surface area is 225 Å². The first-order valence-corrected chi connectivity index (χ1v) is 14.2. The van der Waals surface area contributed by atoms with E-state index in [2.05, 4.69) is 5.32 Å². The Morgan fingerprint density at radius 1 is 1.10 bits per heavy atom. The molecule has 204 valence electrons. The monoisotopic (exact) mass is 553 g/mol. The lowest BCUT2D eigenvalue weighted by molar-refractivity contribution is 0.203. The molecule has 1 aliphatic rings. The molecule has 0 aliphatic heterocycles. The number of nitrogens with one attached hydrogen (secondary N) is 1. The molecule has 0 atom stereocenters. The normalized spacial score (nSPS) is 13.3. The van der Waals surface area contributed by atoms with Crippen LogP contribution in [0.15, 0.2) is 65.1 Å². The van der Waals surface area contributed by atoms with Gasteiger partial charge in [0.1, 0.15) is 22.9 Å². The Balaban J connectivity index is 1.60. The molecule has 3 aromatic carbocycles. The number of nitrogens with zero attached hydrogens (tertiary/aromatic N) is 1. The molecule has 39 heavy (non-hydrogen) atoms. The van der Waals surface area contributed by atoms with Crippen molar-refractivity contribution in [3.63, 3.8) is 0 Å². The lowest BCUT2D eigenvalue weighted by atomic mass is 10.0. The van der Waals surface area contributed by atoms with Crippen molar-refractivity contribution in [2.24, 2.45) is 5.73 Å². The van der Waals surface area contributed by atoms with Crippen LogP contribution in [0, 0.1) is 5.82 Å². The lowest BCUT2D eigenvalue weighted by Gasteiger charge is -2.24. The second kappa shape index (κ2) is 10.6. The quantitative estimate of drug-likeness (QED) is 0.286. The number of sulfonamides is 1. The molecule has 1 amide bonds. The van der Waals surface area contributed by atoms with Gasteiger partial charge in [-0.25, -0.2) is 17.6 Å². The van der Waals surface area contributed by atoms with E-state index in [4.69, 9.17) is 19.6 Å². The number of nitrogens with two attached hydrogens (primary N) is 1. The fourth-order valence-electron chi connectivity index (χ4n) is 4.39. The number of rotatable bonds is 9. The summed E-state index contributed by atoms with van der Waals surface area (Å²) in [6.07, 6.45) is 2.32. The number of carbonyl (C=O) groups excluding carboxylic acids is 1. The van der Waals surface area contributed by atoms with Gasteiger partial charge in [-0.1, -0.05) is 0 Å². The highest BCUT2D eigenvalue weighted by molar-refractivity contribution is 7.92. The molecule has 1 aromatic heterocycles. The van der Waals surface area contributed by atoms with Gasteiger partial charge in [-0.15, -0.1) is 0 Å². The maximum Gasteiger partial charge on any atom is 0.412 e. The number of amides is 1. The van der Waals surface area contributed by atoms with E-state index in [-0.39, 0.29) is 30.6 Å². The van der Waals surface area contributed by atoms with E-state index in [1.807, 2.05) is 6.07 Å². The van der Waals surface area contributed by atoms with Crippen LogP contribution in [-0.2, 0) is 10.0 Å². The minimum Gasteiger partial charge on any atom is -0.457 e. The number of fused-ring (bicyclic) bond motifs is 1. The van der Waals surface area contributed by atoms with E-state index in [9.17, 15) is 17.6 Å². The van der Waals surface area contributed by atoms with Crippen molar-refractivity contribution < 1.29 is 31.5 Å². The maximum absolute atomic E-state index is 13.2. The van der Waals surface area contributed by atoms with Gasteiger partial charge in [0.15, 0.2) is 11.5 Å². The van der Waals surface area contributed by atoms with Crippen molar-refractivity contribution in [3.8, 4) is 28.6 Å². The number of ether oxygens (including phenoxy) is 2. The summed E-state index contributed by atoms with van der Waals surface area (Å²) in [4.78, 5) is 12.3. The van der Waals surface area contributed by atoms with Gasteiger partial charge in [0.05, 0.1) is 17.3 Å². The van der Waals surface area contributed by atoms with Gasteiger partial charge in [0.25, 0.3) is 0 Å². The van der Waals surface area contributed by atoms with Crippen molar-refractivity contribution in [1.82, 2.24) is 5.32 Å². The number of hydrogen-bond acceptors (Lipinski definition) is 7.